The van der Waals surface area contributed by atoms with Crippen LogP contribution in [0, 0.1) is 0 Å². The number of allylic oxidation sites excluding steroid dienone is 4. The summed E-state index contributed by atoms with van der Waals surface area (Å²) in [4.78, 5) is 23.7. The summed E-state index contributed by atoms with van der Waals surface area (Å²) in [6, 6.07) is 25.8. The molecular formula is C34H27NO4. The van der Waals surface area contributed by atoms with Gasteiger partial charge in [0, 0.05) is 29.5 Å². The summed E-state index contributed by atoms with van der Waals surface area (Å²) in [7, 11) is 0. The Morgan fingerprint density at radius 3 is 2.51 bits per heavy atom. The molecule has 0 amide bonds. The summed E-state index contributed by atoms with van der Waals surface area (Å²) < 4.78 is 5.15. The molecule has 0 saturated heterocycles. The van der Waals surface area contributed by atoms with Crippen LogP contribution in [-0.4, -0.2) is 16.9 Å². The van der Waals surface area contributed by atoms with Crippen LogP contribution in [0.1, 0.15) is 40.7 Å². The van der Waals surface area contributed by atoms with E-state index in [1.807, 2.05) is 54.6 Å². The molecule has 0 unspecified atom stereocenters. The maximum absolute atomic E-state index is 13.1. The van der Waals surface area contributed by atoms with Crippen molar-refractivity contribution in [1.82, 2.24) is 0 Å². The third kappa shape index (κ3) is 4.64. The SMILES string of the molecule is Nc1cc(-c2ccccc2)c2c3c(ccc2c1)C1=C(CCC=C1)CC3=O.O=C(O)C1=COc2ccccc2C1. The number of ether oxygens (including phenoxy) is 1. The molecule has 5 heteroatoms. The predicted octanol–water partition coefficient (Wildman–Crippen LogP) is 7.37. The first-order valence-electron chi connectivity index (χ1n) is 13.0. The van der Waals surface area contributed by atoms with Crippen molar-refractivity contribution < 1.29 is 19.4 Å². The van der Waals surface area contributed by atoms with Crippen LogP contribution >= 0.6 is 0 Å². The average molecular weight is 514 g/mol. The molecule has 5 nitrogen and oxygen atoms in total. The van der Waals surface area contributed by atoms with Crippen molar-refractivity contribution in [3.05, 3.63) is 125 Å². The third-order valence-corrected chi connectivity index (χ3v) is 7.40. The van der Waals surface area contributed by atoms with Crippen molar-refractivity contribution in [1.29, 1.82) is 0 Å². The second-order valence-corrected chi connectivity index (χ2v) is 9.93. The Labute approximate surface area is 226 Å². The molecule has 0 aromatic heterocycles. The molecule has 1 aliphatic heterocycles. The molecule has 0 fully saturated rings. The molecular weight excluding hydrogens is 486 g/mol. The van der Waals surface area contributed by atoms with Crippen LogP contribution in [0.15, 0.2) is 108 Å². The topological polar surface area (TPSA) is 89.6 Å². The number of carboxylic acid groups (broad SMARTS) is 1. The third-order valence-electron chi connectivity index (χ3n) is 7.40. The van der Waals surface area contributed by atoms with Crippen LogP contribution in [0.3, 0.4) is 0 Å². The monoisotopic (exact) mass is 513 g/mol. The molecule has 0 saturated carbocycles. The van der Waals surface area contributed by atoms with Gasteiger partial charge in [-0.25, -0.2) is 4.79 Å². The number of carbonyl (C=O) groups is 2. The number of para-hydroxylation sites is 1. The van der Waals surface area contributed by atoms with Gasteiger partial charge in [-0.05, 0) is 64.3 Å². The number of hydrogen-bond acceptors (Lipinski definition) is 4. The molecule has 7 rings (SSSR count). The van der Waals surface area contributed by atoms with Crippen LogP contribution in [0.2, 0.25) is 0 Å². The van der Waals surface area contributed by atoms with E-state index in [9.17, 15) is 9.59 Å². The van der Waals surface area contributed by atoms with Gasteiger partial charge in [0.25, 0.3) is 0 Å². The molecule has 3 N–H and O–H groups in total. The fourth-order valence-electron chi connectivity index (χ4n) is 5.58. The lowest BCUT2D eigenvalue weighted by Crippen LogP contribution is -2.14. The van der Waals surface area contributed by atoms with E-state index in [1.165, 1.54) is 17.4 Å². The zero-order valence-electron chi connectivity index (χ0n) is 21.3. The minimum absolute atomic E-state index is 0.224. The maximum atomic E-state index is 13.1. The standard InChI is InChI=1S/C24H19NO.C10H8O3/c25-18-12-17-10-11-20-19-9-5-4-8-16(19)13-22(26)24(20)23(17)21(14-18)15-6-2-1-3-7-15;11-10(12)8-5-7-3-1-2-4-9(7)13-6-8/h1-3,5-7,9-12,14H,4,8,13,25H2;1-4,6H,5H2,(H,11,12). The molecule has 0 atom stereocenters. The molecule has 39 heavy (non-hydrogen) atoms. The highest BCUT2D eigenvalue weighted by Crippen LogP contribution is 2.43. The number of ketones is 1. The van der Waals surface area contributed by atoms with Gasteiger partial charge < -0.3 is 15.6 Å². The number of nitrogens with two attached hydrogens (primary N) is 1. The molecule has 4 aromatic rings. The lowest BCUT2D eigenvalue weighted by molar-refractivity contribution is -0.132. The van der Waals surface area contributed by atoms with E-state index in [-0.39, 0.29) is 5.78 Å². The Bertz CT molecular complexity index is 1730. The van der Waals surface area contributed by atoms with Crippen molar-refractivity contribution >= 4 is 33.8 Å². The fraction of sp³-hybridized carbons (Fsp3) is 0.118. The largest absolute Gasteiger partial charge is 0.478 e. The molecule has 192 valence electrons. The Morgan fingerprint density at radius 1 is 0.897 bits per heavy atom. The first-order valence-corrected chi connectivity index (χ1v) is 13.0. The second kappa shape index (κ2) is 10.1. The zero-order valence-corrected chi connectivity index (χ0v) is 21.3. The van der Waals surface area contributed by atoms with Gasteiger partial charge in [0.2, 0.25) is 0 Å². The Hall–Kier alpha value is -4.90. The minimum Gasteiger partial charge on any atom is -0.478 e. The van der Waals surface area contributed by atoms with E-state index >= 15 is 0 Å². The summed E-state index contributed by atoms with van der Waals surface area (Å²) in [6.45, 7) is 0. The smallest absolute Gasteiger partial charge is 0.335 e. The van der Waals surface area contributed by atoms with E-state index in [4.69, 9.17) is 15.6 Å². The van der Waals surface area contributed by atoms with Crippen LogP contribution < -0.4 is 10.5 Å². The molecule has 0 spiro atoms. The number of benzene rings is 4. The number of rotatable bonds is 2. The van der Waals surface area contributed by atoms with Crippen LogP contribution in [-0.2, 0) is 11.2 Å². The number of hydrogen-bond donors (Lipinski definition) is 2. The minimum atomic E-state index is -0.922. The predicted molar refractivity (Wildman–Crippen MR) is 155 cm³/mol. The van der Waals surface area contributed by atoms with E-state index in [0.29, 0.717) is 18.4 Å². The van der Waals surface area contributed by atoms with Gasteiger partial charge in [-0.2, -0.15) is 0 Å². The summed E-state index contributed by atoms with van der Waals surface area (Å²) in [5, 5.41) is 10.8. The summed E-state index contributed by atoms with van der Waals surface area (Å²) in [5.41, 5.74) is 14.7. The highest BCUT2D eigenvalue weighted by molar-refractivity contribution is 6.19. The van der Waals surface area contributed by atoms with Crippen molar-refractivity contribution in [2.75, 3.05) is 5.73 Å². The number of Topliss-reactive ketones (excluding diaryl/α,β-unsaturated/α-hetero) is 1. The van der Waals surface area contributed by atoms with Gasteiger partial charge in [-0.15, -0.1) is 0 Å². The molecule has 0 bridgehead atoms. The number of carboxylic acids is 1. The lowest BCUT2D eigenvalue weighted by atomic mass is 9.77. The lowest BCUT2D eigenvalue weighted by Gasteiger charge is -2.25. The van der Waals surface area contributed by atoms with E-state index in [0.717, 1.165) is 62.9 Å². The Kier molecular flexibility index (Phi) is 6.33. The van der Waals surface area contributed by atoms with Gasteiger partial charge >= 0.3 is 5.97 Å². The molecule has 4 aromatic carbocycles. The van der Waals surface area contributed by atoms with E-state index in [1.54, 1.807) is 0 Å². The van der Waals surface area contributed by atoms with Gasteiger partial charge in [-0.1, -0.05) is 78.4 Å². The summed E-state index contributed by atoms with van der Waals surface area (Å²) in [6.07, 6.45) is 8.68. The first kappa shape index (κ1) is 24.4. The van der Waals surface area contributed by atoms with Gasteiger partial charge in [0.15, 0.2) is 5.78 Å². The number of fused-ring (bicyclic) bond motifs is 5. The Balaban J connectivity index is 0.000000179. The average Bonchev–Trinajstić information content (AvgIpc) is 2.97. The quantitative estimate of drug-likeness (QED) is 0.273. The van der Waals surface area contributed by atoms with Gasteiger partial charge in [0.05, 0.1) is 5.57 Å². The van der Waals surface area contributed by atoms with Crippen molar-refractivity contribution in [3.63, 3.8) is 0 Å². The normalized spacial score (nSPS) is 15.3. The number of carbonyl (C=O) groups excluding carboxylic acids is 1. The van der Waals surface area contributed by atoms with Gasteiger partial charge in [-0.3, -0.25) is 4.79 Å². The Morgan fingerprint density at radius 2 is 1.69 bits per heavy atom. The first-order chi connectivity index (χ1) is 19.0. The van der Waals surface area contributed by atoms with Crippen molar-refractivity contribution in [2.24, 2.45) is 0 Å². The molecule has 2 aliphatic carbocycles. The van der Waals surface area contributed by atoms with Crippen LogP contribution in [0.4, 0.5) is 5.69 Å². The molecule has 1 heterocycles. The zero-order chi connectivity index (χ0) is 26.9. The fourth-order valence-corrected chi connectivity index (χ4v) is 5.58. The highest BCUT2D eigenvalue weighted by atomic mass is 16.5. The van der Waals surface area contributed by atoms with Crippen molar-refractivity contribution in [3.8, 4) is 16.9 Å². The number of aliphatic carboxylic acids is 1. The van der Waals surface area contributed by atoms with Crippen molar-refractivity contribution in [2.45, 2.75) is 25.7 Å². The van der Waals surface area contributed by atoms with E-state index in [2.05, 4.69) is 36.4 Å². The molecule has 0 radical (unpaired) electrons. The maximum Gasteiger partial charge on any atom is 0.335 e. The van der Waals surface area contributed by atoms with E-state index < -0.39 is 5.97 Å². The summed E-state index contributed by atoms with van der Waals surface area (Å²) in [5.74, 6) is 0.0450. The second-order valence-electron chi connectivity index (χ2n) is 9.93. The summed E-state index contributed by atoms with van der Waals surface area (Å²) >= 11 is 0. The number of nitrogen functional groups attached to an aromatic ring is 1. The van der Waals surface area contributed by atoms with Gasteiger partial charge in [0.1, 0.15) is 12.0 Å². The number of anilines is 1. The van der Waals surface area contributed by atoms with Crippen LogP contribution in [0.5, 0.6) is 5.75 Å². The highest BCUT2D eigenvalue weighted by Gasteiger charge is 2.27. The molecule has 3 aliphatic rings. The van der Waals surface area contributed by atoms with Crippen LogP contribution in [0.25, 0.3) is 27.5 Å².